The third kappa shape index (κ3) is 3.28. The fourth-order valence-electron chi connectivity index (χ4n) is 6.09. The van der Waals surface area contributed by atoms with Crippen LogP contribution < -0.4 is 0 Å². The van der Waals surface area contributed by atoms with Gasteiger partial charge in [0.15, 0.2) is 0 Å². The molecule has 37 heavy (non-hydrogen) atoms. The number of allylic oxidation sites excluding steroid dienone is 6. The van der Waals surface area contributed by atoms with Crippen LogP contribution in [0, 0.1) is 33.6 Å². The number of rotatable bonds is 0. The van der Waals surface area contributed by atoms with Gasteiger partial charge in [0.1, 0.15) is 0 Å². The summed E-state index contributed by atoms with van der Waals surface area (Å²) < 4.78 is 0. The Bertz CT molecular complexity index is 1770. The van der Waals surface area contributed by atoms with Crippen molar-refractivity contribution in [3.05, 3.63) is 87.0 Å². The first-order valence-corrected chi connectivity index (χ1v) is 13.3. The van der Waals surface area contributed by atoms with E-state index in [0.717, 1.165) is 44.8 Å². The van der Waals surface area contributed by atoms with Gasteiger partial charge in [-0.3, -0.25) is 4.98 Å². The second-order valence-corrected chi connectivity index (χ2v) is 11.4. The predicted molar refractivity (Wildman–Crippen MR) is 156 cm³/mol. The molecule has 0 fully saturated rings. The summed E-state index contributed by atoms with van der Waals surface area (Å²) in [7, 11) is 0. The van der Waals surface area contributed by atoms with Gasteiger partial charge in [-0.1, -0.05) is 24.6 Å². The highest BCUT2D eigenvalue weighted by Crippen LogP contribution is 2.51. The van der Waals surface area contributed by atoms with Gasteiger partial charge in [-0.05, 0) is 125 Å². The maximum atomic E-state index is 5.32. The van der Waals surface area contributed by atoms with Crippen LogP contribution in [0.5, 0.6) is 0 Å². The summed E-state index contributed by atoms with van der Waals surface area (Å²) in [5, 5.41) is 0. The Morgan fingerprint density at radius 2 is 1.08 bits per heavy atom. The van der Waals surface area contributed by atoms with E-state index in [1.807, 2.05) is 0 Å². The van der Waals surface area contributed by atoms with E-state index in [2.05, 4.69) is 109 Å². The van der Waals surface area contributed by atoms with Crippen LogP contribution in [-0.4, -0.2) is 19.9 Å². The van der Waals surface area contributed by atoms with Gasteiger partial charge in [-0.2, -0.15) is 0 Å². The van der Waals surface area contributed by atoms with Crippen molar-refractivity contribution in [3.63, 3.8) is 0 Å². The molecule has 2 N–H and O–H groups in total. The van der Waals surface area contributed by atoms with Gasteiger partial charge in [0.05, 0.1) is 22.8 Å². The van der Waals surface area contributed by atoms with E-state index in [1.165, 1.54) is 44.5 Å². The zero-order valence-electron chi connectivity index (χ0n) is 23.4. The van der Waals surface area contributed by atoms with E-state index in [9.17, 15) is 0 Å². The minimum absolute atomic E-state index is 0.187. The molecule has 3 aliphatic rings. The second-order valence-electron chi connectivity index (χ2n) is 11.4. The van der Waals surface area contributed by atoms with Crippen LogP contribution in [0.1, 0.15) is 79.6 Å². The lowest BCUT2D eigenvalue weighted by atomic mass is 9.65. The van der Waals surface area contributed by atoms with Crippen LogP contribution in [0.4, 0.5) is 0 Å². The number of nitrogens with zero attached hydrogens (tertiary/aromatic N) is 2. The number of H-pyrrole nitrogens is 2. The first-order valence-electron chi connectivity index (χ1n) is 13.3. The molecule has 3 aromatic heterocycles. The number of hydrogen-bond donors (Lipinski definition) is 2. The summed E-state index contributed by atoms with van der Waals surface area (Å²) in [4.78, 5) is 17.8. The number of aromatic amines is 2. The maximum absolute atomic E-state index is 5.32. The molecule has 3 aromatic rings. The van der Waals surface area contributed by atoms with Gasteiger partial charge < -0.3 is 9.97 Å². The number of hydrogen-bond acceptors (Lipinski definition) is 2. The van der Waals surface area contributed by atoms with Crippen LogP contribution in [-0.2, 0) is 5.41 Å². The summed E-state index contributed by atoms with van der Waals surface area (Å²) in [6.45, 7) is 20.0. The summed E-state index contributed by atoms with van der Waals surface area (Å²) >= 11 is 0. The highest BCUT2D eigenvalue weighted by atomic mass is 14.8. The van der Waals surface area contributed by atoms with Gasteiger partial charge in [0, 0.05) is 27.5 Å². The van der Waals surface area contributed by atoms with E-state index in [0.29, 0.717) is 5.92 Å². The lowest BCUT2D eigenvalue weighted by Crippen LogP contribution is -2.31. The van der Waals surface area contributed by atoms with E-state index >= 15 is 0 Å². The fraction of sp³-hybridized carbons (Fsp3) is 0.333. The van der Waals surface area contributed by atoms with Crippen molar-refractivity contribution in [3.8, 4) is 0 Å². The molecule has 6 rings (SSSR count). The number of aromatic nitrogens is 4. The molecular formula is C33H36N4. The molecule has 0 spiro atoms. The topological polar surface area (TPSA) is 57.4 Å². The third-order valence-electron chi connectivity index (χ3n) is 9.65. The van der Waals surface area contributed by atoms with Crippen LogP contribution in [0.2, 0.25) is 0 Å². The predicted octanol–water partition coefficient (Wildman–Crippen LogP) is 8.44. The molecule has 0 saturated carbocycles. The van der Waals surface area contributed by atoms with Crippen molar-refractivity contribution >= 4 is 38.8 Å². The highest BCUT2D eigenvalue weighted by molar-refractivity contribution is 5.92. The van der Waals surface area contributed by atoms with Crippen LogP contribution in [0.3, 0.4) is 0 Å². The third-order valence-corrected chi connectivity index (χ3v) is 9.65. The fourth-order valence-corrected chi connectivity index (χ4v) is 6.09. The van der Waals surface area contributed by atoms with Gasteiger partial charge in [0.2, 0.25) is 0 Å². The average Bonchev–Trinajstić information content (AvgIpc) is 3.48. The van der Waals surface area contributed by atoms with Crippen molar-refractivity contribution in [2.24, 2.45) is 5.92 Å². The van der Waals surface area contributed by atoms with Crippen molar-refractivity contribution in [2.75, 3.05) is 0 Å². The molecule has 2 aliphatic heterocycles. The van der Waals surface area contributed by atoms with Crippen molar-refractivity contribution in [2.45, 2.75) is 67.7 Å². The van der Waals surface area contributed by atoms with Gasteiger partial charge in [-0.15, -0.1) is 0 Å². The molecule has 2 unspecified atom stereocenters. The largest absolute Gasteiger partial charge is 0.355 e. The smallest absolute Gasteiger partial charge is 0.0695 e. The lowest BCUT2D eigenvalue weighted by molar-refractivity contribution is 0.454. The number of nitrogens with one attached hydrogen (secondary N) is 2. The monoisotopic (exact) mass is 488 g/mol. The normalized spacial score (nSPS) is 21.2. The molecule has 4 heteroatoms. The molecule has 0 saturated heterocycles. The highest BCUT2D eigenvalue weighted by Gasteiger charge is 2.45. The van der Waals surface area contributed by atoms with E-state index in [4.69, 9.17) is 9.97 Å². The van der Waals surface area contributed by atoms with Gasteiger partial charge in [-0.25, -0.2) is 4.98 Å². The molecule has 8 bridgehead atoms. The van der Waals surface area contributed by atoms with E-state index in [-0.39, 0.29) is 5.41 Å². The van der Waals surface area contributed by atoms with E-state index in [1.54, 1.807) is 0 Å². The summed E-state index contributed by atoms with van der Waals surface area (Å²) in [5.74, 6) is 0.352. The summed E-state index contributed by atoms with van der Waals surface area (Å²) in [5.41, 5.74) is 18.6. The Morgan fingerprint density at radius 1 is 0.622 bits per heavy atom. The van der Waals surface area contributed by atoms with Crippen molar-refractivity contribution < 1.29 is 0 Å². The van der Waals surface area contributed by atoms with Crippen molar-refractivity contribution in [1.82, 2.24) is 19.9 Å². The Kier molecular flexibility index (Phi) is 5.08. The maximum Gasteiger partial charge on any atom is 0.0695 e. The molecule has 0 radical (unpaired) electrons. The van der Waals surface area contributed by atoms with E-state index < -0.39 is 0 Å². The van der Waals surface area contributed by atoms with Gasteiger partial charge >= 0.3 is 0 Å². The molecule has 0 amide bonds. The standard InChI is InChI=1S/C33H36N4/c1-16-10-11-24-31-14-29-20(5)19(4)27(35-29)12-25-17(2)18(3)26(34-25)13-28-21(6)22(7)30(36-28)15-32(37-31)33(24,9)23(16)8/h10-15,23,35-36H,1-9H3. The Hall–Kier alpha value is -3.66. The van der Waals surface area contributed by atoms with Crippen LogP contribution >= 0.6 is 0 Å². The number of fused-ring (bicyclic) bond motifs is 11. The van der Waals surface area contributed by atoms with Crippen LogP contribution in [0.15, 0.2) is 42.0 Å². The zero-order chi connectivity index (χ0) is 26.4. The quantitative estimate of drug-likeness (QED) is 0.333. The molecular weight excluding hydrogens is 452 g/mol. The SMILES string of the molecule is CC1=CC=C2c3cc4[nH]c(cc5nc(cc6[nH]c(cc(n3)C2(C)C1C)c(C)c6C)C(C)=C5C)c(C)c4C. The summed E-state index contributed by atoms with van der Waals surface area (Å²) in [6, 6.07) is 8.92. The Labute approximate surface area is 219 Å². The minimum Gasteiger partial charge on any atom is -0.355 e. The molecule has 4 nitrogen and oxygen atoms in total. The first-order chi connectivity index (χ1) is 17.5. The Balaban J connectivity index is 1.81. The first kappa shape index (κ1) is 23.7. The lowest BCUT2D eigenvalue weighted by Gasteiger charge is -2.36. The van der Waals surface area contributed by atoms with Gasteiger partial charge in [0.25, 0.3) is 0 Å². The molecule has 0 aromatic carbocycles. The number of aryl methyl sites for hydroxylation is 4. The van der Waals surface area contributed by atoms with Crippen molar-refractivity contribution in [1.29, 1.82) is 0 Å². The molecule has 5 heterocycles. The molecule has 1 aliphatic carbocycles. The minimum atomic E-state index is -0.187. The van der Waals surface area contributed by atoms with Crippen LogP contribution in [0.25, 0.3) is 38.8 Å². The molecule has 188 valence electrons. The zero-order valence-corrected chi connectivity index (χ0v) is 23.4. The Morgan fingerprint density at radius 3 is 1.59 bits per heavy atom. The average molecular weight is 489 g/mol. The summed E-state index contributed by atoms with van der Waals surface area (Å²) in [6.07, 6.45) is 4.55. The second kappa shape index (κ2) is 7.92. The molecule has 2 atom stereocenters.